The number of aromatic nitrogens is 2. The van der Waals surface area contributed by atoms with Crippen molar-refractivity contribution < 1.29 is 4.52 Å². The Hall–Kier alpha value is -1.16. The fraction of sp³-hybridized carbons (Fsp3) is 0. The third-order valence-corrected chi connectivity index (χ3v) is 1.57. The summed E-state index contributed by atoms with van der Waals surface area (Å²) in [6.07, 6.45) is 1.61. The summed E-state index contributed by atoms with van der Waals surface area (Å²) in [4.78, 5) is 10.8. The summed E-state index contributed by atoms with van der Waals surface area (Å²) >= 11 is 5.62. The molecule has 0 radical (unpaired) electrons. The molecule has 0 aromatic carbocycles. The average Bonchev–Trinajstić information content (AvgIpc) is 2.40. The zero-order valence-corrected chi connectivity index (χ0v) is 5.55. The van der Waals surface area contributed by atoms with Crippen LogP contribution < -0.4 is 5.63 Å². The number of nitrogens with one attached hydrogen (secondary N) is 1. The Kier molecular flexibility index (Phi) is 0.935. The van der Waals surface area contributed by atoms with Gasteiger partial charge in [0.25, 0.3) is 0 Å². The standard InChI is InChI=1S/C5H3ClN2O2/c6-3-1-2-8-4(3)5(9)10-7-8/h1-2,7H. The van der Waals surface area contributed by atoms with E-state index in [2.05, 4.69) is 9.79 Å². The van der Waals surface area contributed by atoms with E-state index < -0.39 is 5.63 Å². The van der Waals surface area contributed by atoms with Gasteiger partial charge >= 0.3 is 5.63 Å². The Morgan fingerprint density at radius 3 is 3.20 bits per heavy atom. The van der Waals surface area contributed by atoms with Crippen LogP contribution in [-0.2, 0) is 0 Å². The molecule has 52 valence electrons. The Bertz CT molecular complexity index is 410. The minimum absolute atomic E-state index is 0.349. The quantitative estimate of drug-likeness (QED) is 0.619. The third-order valence-electron chi connectivity index (χ3n) is 1.27. The minimum Gasteiger partial charge on any atom is -0.320 e. The number of halogens is 1. The van der Waals surface area contributed by atoms with Crippen LogP contribution in [0.2, 0.25) is 5.02 Å². The summed E-state index contributed by atoms with van der Waals surface area (Å²) in [6.45, 7) is 0. The van der Waals surface area contributed by atoms with Crippen molar-refractivity contribution in [2.45, 2.75) is 0 Å². The molecule has 2 aromatic rings. The lowest BCUT2D eigenvalue weighted by atomic mass is 10.5. The van der Waals surface area contributed by atoms with E-state index in [9.17, 15) is 4.79 Å². The summed E-state index contributed by atoms with van der Waals surface area (Å²) < 4.78 is 5.86. The normalized spacial score (nSPS) is 10.9. The van der Waals surface area contributed by atoms with Gasteiger partial charge in [0.1, 0.15) is 0 Å². The van der Waals surface area contributed by atoms with Gasteiger partial charge in [0, 0.05) is 6.20 Å². The lowest BCUT2D eigenvalue weighted by molar-refractivity contribution is 0.357. The van der Waals surface area contributed by atoms with Crippen molar-refractivity contribution in [1.82, 2.24) is 9.79 Å². The van der Waals surface area contributed by atoms with Crippen LogP contribution in [0.4, 0.5) is 0 Å². The lowest BCUT2D eigenvalue weighted by Crippen LogP contribution is -1.90. The second kappa shape index (κ2) is 1.67. The molecule has 0 aliphatic rings. The largest absolute Gasteiger partial charge is 0.384 e. The molecule has 0 saturated carbocycles. The minimum atomic E-state index is -0.449. The van der Waals surface area contributed by atoms with Crippen LogP contribution in [0, 0.1) is 0 Å². The molecule has 1 N–H and O–H groups in total. The van der Waals surface area contributed by atoms with Gasteiger partial charge in [-0.05, 0) is 6.07 Å². The van der Waals surface area contributed by atoms with Crippen molar-refractivity contribution in [3.05, 3.63) is 27.7 Å². The zero-order chi connectivity index (χ0) is 7.14. The first-order valence-corrected chi connectivity index (χ1v) is 3.01. The summed E-state index contributed by atoms with van der Waals surface area (Å²) in [5.41, 5.74) is -0.100. The van der Waals surface area contributed by atoms with Crippen molar-refractivity contribution in [1.29, 1.82) is 0 Å². The molecule has 4 nitrogen and oxygen atoms in total. The number of H-pyrrole nitrogens is 1. The first-order chi connectivity index (χ1) is 4.79. The molecule has 0 amide bonds. The fourth-order valence-corrected chi connectivity index (χ4v) is 1.04. The number of fused-ring (bicyclic) bond motifs is 1. The van der Waals surface area contributed by atoms with E-state index in [1.165, 1.54) is 4.52 Å². The fourth-order valence-electron chi connectivity index (χ4n) is 0.819. The van der Waals surface area contributed by atoms with Gasteiger partial charge in [0.2, 0.25) is 0 Å². The molecule has 2 rings (SSSR count). The van der Waals surface area contributed by atoms with E-state index in [0.717, 1.165) is 0 Å². The molecule has 0 spiro atoms. The summed E-state index contributed by atoms with van der Waals surface area (Å²) in [5, 5.41) is 2.75. The van der Waals surface area contributed by atoms with Crippen molar-refractivity contribution in [3.8, 4) is 0 Å². The first kappa shape index (κ1) is 5.61. The van der Waals surface area contributed by atoms with Gasteiger partial charge in [0.05, 0.1) is 5.02 Å². The van der Waals surface area contributed by atoms with E-state index in [-0.39, 0.29) is 0 Å². The maximum absolute atomic E-state index is 10.8. The molecule has 0 atom stereocenters. The smallest absolute Gasteiger partial charge is 0.320 e. The molecule has 5 heteroatoms. The van der Waals surface area contributed by atoms with Crippen molar-refractivity contribution in [2.75, 3.05) is 0 Å². The average molecular weight is 159 g/mol. The highest BCUT2D eigenvalue weighted by Gasteiger charge is 2.05. The molecule has 0 unspecified atom stereocenters. The van der Waals surface area contributed by atoms with E-state index in [1.807, 2.05) is 0 Å². The van der Waals surface area contributed by atoms with Gasteiger partial charge in [-0.1, -0.05) is 11.6 Å². The third kappa shape index (κ3) is 0.537. The zero-order valence-electron chi connectivity index (χ0n) is 4.80. The van der Waals surface area contributed by atoms with E-state index >= 15 is 0 Å². The number of nitrogens with zero attached hydrogens (tertiary/aromatic N) is 1. The highest BCUT2D eigenvalue weighted by atomic mass is 35.5. The van der Waals surface area contributed by atoms with Crippen LogP contribution in [0.1, 0.15) is 0 Å². The number of rotatable bonds is 0. The van der Waals surface area contributed by atoms with Crippen LogP contribution in [0.25, 0.3) is 5.52 Å². The predicted octanol–water partition coefficient (Wildman–Crippen LogP) is 0.874. The van der Waals surface area contributed by atoms with Gasteiger partial charge in [-0.15, -0.1) is 0 Å². The highest BCUT2D eigenvalue weighted by molar-refractivity contribution is 6.33. The molecule has 0 aliphatic heterocycles. The molecule has 0 saturated heterocycles. The van der Waals surface area contributed by atoms with Gasteiger partial charge in [-0.2, -0.15) is 5.27 Å². The van der Waals surface area contributed by atoms with Crippen molar-refractivity contribution >= 4 is 17.1 Å². The van der Waals surface area contributed by atoms with Crippen LogP contribution in [0.15, 0.2) is 21.6 Å². The van der Waals surface area contributed by atoms with Crippen LogP contribution >= 0.6 is 11.6 Å². The Morgan fingerprint density at radius 1 is 1.70 bits per heavy atom. The Morgan fingerprint density at radius 2 is 2.50 bits per heavy atom. The van der Waals surface area contributed by atoms with Crippen LogP contribution in [0.3, 0.4) is 0 Å². The lowest BCUT2D eigenvalue weighted by Gasteiger charge is -1.73. The molecule has 2 aromatic heterocycles. The van der Waals surface area contributed by atoms with Gasteiger partial charge in [0.15, 0.2) is 5.52 Å². The van der Waals surface area contributed by atoms with Crippen LogP contribution in [0.5, 0.6) is 0 Å². The second-order valence-electron chi connectivity index (χ2n) is 1.86. The van der Waals surface area contributed by atoms with E-state index in [1.54, 1.807) is 12.3 Å². The van der Waals surface area contributed by atoms with Crippen LogP contribution in [-0.4, -0.2) is 9.79 Å². The summed E-state index contributed by atoms with van der Waals surface area (Å²) in [7, 11) is 0. The van der Waals surface area contributed by atoms with E-state index in [0.29, 0.717) is 10.5 Å². The molecule has 0 aliphatic carbocycles. The number of hydrogen-bond donors (Lipinski definition) is 1. The second-order valence-corrected chi connectivity index (χ2v) is 2.27. The topological polar surface area (TPSA) is 50.4 Å². The van der Waals surface area contributed by atoms with Crippen molar-refractivity contribution in [2.24, 2.45) is 0 Å². The predicted molar refractivity (Wildman–Crippen MR) is 35.3 cm³/mol. The maximum Gasteiger partial charge on any atom is 0.384 e. The maximum atomic E-state index is 10.8. The molecule has 10 heavy (non-hydrogen) atoms. The summed E-state index contributed by atoms with van der Waals surface area (Å²) in [5.74, 6) is 0. The number of aromatic amines is 1. The Balaban J connectivity index is 3.12. The first-order valence-electron chi connectivity index (χ1n) is 2.63. The summed E-state index contributed by atoms with van der Waals surface area (Å²) in [6, 6.07) is 1.62. The molecule has 0 fully saturated rings. The Labute approximate surface area is 59.9 Å². The van der Waals surface area contributed by atoms with Gasteiger partial charge < -0.3 is 4.52 Å². The van der Waals surface area contributed by atoms with Crippen molar-refractivity contribution in [3.63, 3.8) is 0 Å². The SMILES string of the molecule is O=c1o[nH]n2ccc(Cl)c12. The highest BCUT2D eigenvalue weighted by Crippen LogP contribution is 2.12. The van der Waals surface area contributed by atoms with Gasteiger partial charge in [-0.3, -0.25) is 0 Å². The molecule has 0 bridgehead atoms. The monoisotopic (exact) mass is 158 g/mol. The number of hydrogen-bond acceptors (Lipinski definition) is 2. The molecular weight excluding hydrogens is 156 g/mol. The molecular formula is C5H3ClN2O2. The van der Waals surface area contributed by atoms with E-state index in [4.69, 9.17) is 11.6 Å². The van der Waals surface area contributed by atoms with Gasteiger partial charge in [-0.25, -0.2) is 9.31 Å². The molecule has 2 heterocycles.